The van der Waals surface area contributed by atoms with Crippen LogP contribution in [0.1, 0.15) is 126 Å². The molecule has 0 heterocycles. The second-order valence-corrected chi connectivity index (χ2v) is 15.4. The Hall–Kier alpha value is -0.0400. The van der Waals surface area contributed by atoms with Crippen molar-refractivity contribution >= 4 is 0 Å². The summed E-state index contributed by atoms with van der Waals surface area (Å²) in [6.07, 6.45) is 15.6. The Balaban J connectivity index is 1.51. The Bertz CT molecular complexity index is 731. The number of fused-ring (bicyclic) bond motifs is 7. The summed E-state index contributed by atoms with van der Waals surface area (Å²) >= 11 is 0. The van der Waals surface area contributed by atoms with Crippen LogP contribution in [0.2, 0.25) is 0 Å². The van der Waals surface area contributed by atoms with Crippen LogP contribution in [0.4, 0.5) is 0 Å². The van der Waals surface area contributed by atoms with E-state index < -0.39 is 5.60 Å². The Morgan fingerprint density at radius 2 is 1.29 bits per heavy atom. The lowest BCUT2D eigenvalue weighted by Gasteiger charge is -2.72. The van der Waals surface area contributed by atoms with Gasteiger partial charge in [-0.05, 0) is 135 Å². The first-order chi connectivity index (χ1) is 14.2. The minimum absolute atomic E-state index is 0.347. The van der Waals surface area contributed by atoms with Crippen molar-refractivity contribution in [2.24, 2.45) is 56.7 Å². The lowest BCUT2D eigenvalue weighted by atomic mass is 9.32. The zero-order valence-corrected chi connectivity index (χ0v) is 22.1. The van der Waals surface area contributed by atoms with Gasteiger partial charge in [-0.15, -0.1) is 0 Å². The molecule has 0 aromatic rings. The summed E-state index contributed by atoms with van der Waals surface area (Å²) in [5.74, 6) is 4.01. The summed E-state index contributed by atoms with van der Waals surface area (Å²) in [6, 6.07) is 0. The van der Waals surface area contributed by atoms with Gasteiger partial charge in [0.05, 0.1) is 5.60 Å². The zero-order valence-electron chi connectivity index (χ0n) is 22.1. The number of aliphatic hydroxyl groups is 1. The fourth-order valence-electron chi connectivity index (χ4n) is 12.2. The van der Waals surface area contributed by atoms with E-state index in [0.717, 1.165) is 23.7 Å². The second kappa shape index (κ2) is 6.55. The van der Waals surface area contributed by atoms with Crippen molar-refractivity contribution in [3.63, 3.8) is 0 Å². The molecule has 0 saturated heterocycles. The molecule has 9 atom stereocenters. The normalized spacial score (nSPS) is 56.2. The average molecular weight is 429 g/mol. The molecule has 0 radical (unpaired) electrons. The van der Waals surface area contributed by atoms with Crippen molar-refractivity contribution in [2.45, 2.75) is 132 Å². The van der Waals surface area contributed by atoms with E-state index in [4.69, 9.17) is 0 Å². The first-order valence-corrected chi connectivity index (χ1v) is 13.9. The Labute approximate surface area is 193 Å². The average Bonchev–Trinajstić information content (AvgIpc) is 2.99. The SMILES string of the molecule is CC(C)(O)[C@@H]1CC[C@@H]2[C@H]3CC[C@@H]4[C@@]5(C)CCCC(C)(C)[C@@H]5CC[C@@]4(C)[C@]3(C)CC[C@]21C. The molecule has 0 amide bonds. The smallest absolute Gasteiger partial charge is 0.0625 e. The van der Waals surface area contributed by atoms with Gasteiger partial charge in [0.2, 0.25) is 0 Å². The fraction of sp³-hybridized carbons (Fsp3) is 1.00. The first-order valence-electron chi connectivity index (χ1n) is 13.9. The van der Waals surface area contributed by atoms with Crippen molar-refractivity contribution in [3.05, 3.63) is 0 Å². The van der Waals surface area contributed by atoms with Gasteiger partial charge in [-0.3, -0.25) is 0 Å². The first kappa shape index (κ1) is 22.7. The number of hydrogen-bond donors (Lipinski definition) is 1. The maximum Gasteiger partial charge on any atom is 0.0625 e. The van der Waals surface area contributed by atoms with E-state index in [-0.39, 0.29) is 0 Å². The molecule has 0 aliphatic heterocycles. The molecule has 5 aliphatic rings. The third kappa shape index (κ3) is 2.77. The molecule has 1 nitrogen and oxygen atoms in total. The molecule has 0 aromatic heterocycles. The lowest BCUT2D eigenvalue weighted by Crippen LogP contribution is -2.65. The van der Waals surface area contributed by atoms with Gasteiger partial charge in [0.15, 0.2) is 0 Å². The zero-order chi connectivity index (χ0) is 22.7. The van der Waals surface area contributed by atoms with E-state index >= 15 is 0 Å². The molecule has 0 bridgehead atoms. The van der Waals surface area contributed by atoms with E-state index in [2.05, 4.69) is 55.4 Å². The molecule has 5 saturated carbocycles. The minimum Gasteiger partial charge on any atom is -0.390 e. The third-order valence-electron chi connectivity index (χ3n) is 13.6. The number of rotatable bonds is 1. The van der Waals surface area contributed by atoms with Crippen LogP contribution in [0, 0.1) is 56.7 Å². The highest BCUT2D eigenvalue weighted by atomic mass is 16.3. The van der Waals surface area contributed by atoms with Gasteiger partial charge in [-0.25, -0.2) is 0 Å². The lowest BCUT2D eigenvalue weighted by molar-refractivity contribution is -0.237. The summed E-state index contributed by atoms with van der Waals surface area (Å²) < 4.78 is 0. The second-order valence-electron chi connectivity index (χ2n) is 15.4. The Morgan fingerprint density at radius 3 is 1.97 bits per heavy atom. The molecule has 0 spiro atoms. The van der Waals surface area contributed by atoms with Gasteiger partial charge in [0.25, 0.3) is 0 Å². The molecule has 5 fully saturated rings. The van der Waals surface area contributed by atoms with Gasteiger partial charge >= 0.3 is 0 Å². The summed E-state index contributed by atoms with van der Waals surface area (Å²) in [4.78, 5) is 0. The van der Waals surface area contributed by atoms with Crippen molar-refractivity contribution in [3.8, 4) is 0 Å². The number of hydrogen-bond acceptors (Lipinski definition) is 1. The highest BCUT2D eigenvalue weighted by Crippen LogP contribution is 2.77. The van der Waals surface area contributed by atoms with Crippen LogP contribution >= 0.6 is 0 Å². The highest BCUT2D eigenvalue weighted by Gasteiger charge is 2.70. The van der Waals surface area contributed by atoms with Crippen LogP contribution < -0.4 is 0 Å². The van der Waals surface area contributed by atoms with Crippen LogP contribution in [0.25, 0.3) is 0 Å². The Kier molecular flexibility index (Phi) is 4.80. The van der Waals surface area contributed by atoms with Crippen LogP contribution in [-0.2, 0) is 0 Å². The van der Waals surface area contributed by atoms with E-state index in [1.54, 1.807) is 0 Å². The quantitative estimate of drug-likeness (QED) is 0.445. The van der Waals surface area contributed by atoms with E-state index in [9.17, 15) is 5.11 Å². The van der Waals surface area contributed by atoms with E-state index in [1.807, 2.05) is 0 Å². The van der Waals surface area contributed by atoms with Crippen molar-refractivity contribution in [1.29, 1.82) is 0 Å². The molecular weight excluding hydrogens is 376 g/mol. The molecule has 1 N–H and O–H groups in total. The monoisotopic (exact) mass is 428 g/mol. The molecule has 31 heavy (non-hydrogen) atoms. The highest BCUT2D eigenvalue weighted by molar-refractivity contribution is 5.19. The maximum absolute atomic E-state index is 11.0. The van der Waals surface area contributed by atoms with Crippen LogP contribution in [0.3, 0.4) is 0 Å². The summed E-state index contributed by atoms with van der Waals surface area (Å²) in [7, 11) is 0. The van der Waals surface area contributed by atoms with Gasteiger partial charge in [0, 0.05) is 0 Å². The predicted molar refractivity (Wildman–Crippen MR) is 131 cm³/mol. The Morgan fingerprint density at radius 1 is 0.613 bits per heavy atom. The summed E-state index contributed by atoms with van der Waals surface area (Å²) in [6.45, 7) is 20.2. The third-order valence-corrected chi connectivity index (χ3v) is 13.6. The van der Waals surface area contributed by atoms with Crippen molar-refractivity contribution in [1.82, 2.24) is 0 Å². The topological polar surface area (TPSA) is 20.2 Å². The van der Waals surface area contributed by atoms with Gasteiger partial charge < -0.3 is 5.11 Å². The minimum atomic E-state index is -0.530. The van der Waals surface area contributed by atoms with Crippen molar-refractivity contribution in [2.75, 3.05) is 0 Å². The molecular formula is C30H52O. The molecule has 0 aromatic carbocycles. The summed E-state index contributed by atoms with van der Waals surface area (Å²) in [5.41, 5.74) is 1.89. The van der Waals surface area contributed by atoms with Gasteiger partial charge in [0.1, 0.15) is 0 Å². The largest absolute Gasteiger partial charge is 0.390 e. The standard InChI is InChI=1S/C30H52O/c1-25(2)15-9-16-28(6)22(25)14-17-30(8)24(28)13-11-21-20-10-12-23(26(3,4)31)27(20,5)18-19-29(21,30)7/h20-24,31H,9-19H2,1-8H3/t20-,21-,22+,23+,24-,27-,28+,29-,30-/m1/s1. The summed E-state index contributed by atoms with van der Waals surface area (Å²) in [5, 5.41) is 11.0. The fourth-order valence-corrected chi connectivity index (χ4v) is 12.2. The van der Waals surface area contributed by atoms with Crippen molar-refractivity contribution < 1.29 is 5.11 Å². The van der Waals surface area contributed by atoms with Gasteiger partial charge in [-0.1, -0.05) is 48.0 Å². The van der Waals surface area contributed by atoms with Gasteiger partial charge in [-0.2, -0.15) is 0 Å². The maximum atomic E-state index is 11.0. The molecule has 1 heteroatoms. The van der Waals surface area contributed by atoms with Crippen LogP contribution in [-0.4, -0.2) is 10.7 Å². The van der Waals surface area contributed by atoms with Crippen LogP contribution in [0.15, 0.2) is 0 Å². The van der Waals surface area contributed by atoms with E-state index in [1.165, 1.54) is 70.6 Å². The molecule has 5 aliphatic carbocycles. The molecule has 178 valence electrons. The van der Waals surface area contributed by atoms with E-state index in [0.29, 0.717) is 33.0 Å². The predicted octanol–water partition coefficient (Wildman–Crippen LogP) is 8.25. The van der Waals surface area contributed by atoms with Crippen LogP contribution in [0.5, 0.6) is 0 Å². The molecule has 0 unspecified atom stereocenters. The molecule has 5 rings (SSSR count).